The van der Waals surface area contributed by atoms with Crippen molar-refractivity contribution in [2.24, 2.45) is 0 Å². The molecule has 1 aliphatic rings. The highest BCUT2D eigenvalue weighted by Crippen LogP contribution is 2.39. The lowest BCUT2D eigenvalue weighted by Crippen LogP contribution is -2.53. The van der Waals surface area contributed by atoms with Gasteiger partial charge in [0.2, 0.25) is 0 Å². The number of urea groups is 1. The second-order valence-corrected chi connectivity index (χ2v) is 6.60. The predicted molar refractivity (Wildman–Crippen MR) is 78.0 cm³/mol. The van der Waals surface area contributed by atoms with E-state index in [9.17, 15) is 9.18 Å². The third kappa shape index (κ3) is 3.30. The molecule has 1 aliphatic carbocycles. The summed E-state index contributed by atoms with van der Waals surface area (Å²) in [6, 6.07) is 6.50. The molecule has 1 aromatic rings. The topological polar surface area (TPSA) is 41.1 Å². The third-order valence-electron chi connectivity index (χ3n) is 3.69. The van der Waals surface area contributed by atoms with Crippen LogP contribution in [0.25, 0.3) is 0 Å². The molecule has 0 spiro atoms. The van der Waals surface area contributed by atoms with Gasteiger partial charge in [0.25, 0.3) is 0 Å². The maximum absolute atomic E-state index is 14.1. The van der Waals surface area contributed by atoms with Gasteiger partial charge in [-0.15, -0.1) is 0 Å². The highest BCUT2D eigenvalue weighted by atomic mass is 19.1. The normalized spacial score (nSPS) is 17.8. The Morgan fingerprint density at radius 3 is 2.35 bits per heavy atom. The van der Waals surface area contributed by atoms with Gasteiger partial charge in [0.05, 0.1) is 5.54 Å². The SMILES string of the molecule is CC(C)(C)NC(=O)NC1(c2ccccc2F)CCCC1. The fourth-order valence-corrected chi connectivity index (χ4v) is 2.88. The fourth-order valence-electron chi connectivity index (χ4n) is 2.88. The molecule has 0 aliphatic heterocycles. The number of nitrogens with one attached hydrogen (secondary N) is 2. The predicted octanol–water partition coefficient (Wildman–Crippen LogP) is 3.69. The van der Waals surface area contributed by atoms with E-state index in [1.165, 1.54) is 6.07 Å². The van der Waals surface area contributed by atoms with Crippen LogP contribution < -0.4 is 10.6 Å². The first-order valence-corrected chi connectivity index (χ1v) is 7.18. The van der Waals surface area contributed by atoms with Crippen LogP contribution >= 0.6 is 0 Å². The monoisotopic (exact) mass is 278 g/mol. The van der Waals surface area contributed by atoms with Crippen molar-refractivity contribution in [2.45, 2.75) is 57.5 Å². The fraction of sp³-hybridized carbons (Fsp3) is 0.562. The van der Waals surface area contributed by atoms with Crippen LogP contribution in [0.3, 0.4) is 0 Å². The number of amides is 2. The largest absolute Gasteiger partial charge is 0.334 e. The molecule has 2 N–H and O–H groups in total. The highest BCUT2D eigenvalue weighted by molar-refractivity contribution is 5.76. The molecule has 0 saturated heterocycles. The maximum atomic E-state index is 14.1. The van der Waals surface area contributed by atoms with Crippen LogP contribution in [0.1, 0.15) is 52.0 Å². The molecule has 1 aromatic carbocycles. The Bertz CT molecular complexity index is 487. The van der Waals surface area contributed by atoms with E-state index in [0.29, 0.717) is 5.56 Å². The van der Waals surface area contributed by atoms with E-state index in [1.807, 2.05) is 26.8 Å². The molecule has 1 fully saturated rings. The number of carbonyl (C=O) groups excluding carboxylic acids is 1. The zero-order valence-electron chi connectivity index (χ0n) is 12.4. The molecule has 0 atom stereocenters. The van der Waals surface area contributed by atoms with Crippen molar-refractivity contribution >= 4 is 6.03 Å². The van der Waals surface area contributed by atoms with E-state index in [2.05, 4.69) is 10.6 Å². The quantitative estimate of drug-likeness (QED) is 0.851. The van der Waals surface area contributed by atoms with Crippen LogP contribution in [0.15, 0.2) is 24.3 Å². The number of halogens is 1. The molecular weight excluding hydrogens is 255 g/mol. The molecule has 3 nitrogen and oxygen atoms in total. The number of carbonyl (C=O) groups is 1. The van der Waals surface area contributed by atoms with Crippen LogP contribution in [-0.2, 0) is 5.54 Å². The standard InChI is InChI=1S/C16H23FN2O/c1-15(2,3)18-14(20)19-16(10-6-7-11-16)12-8-4-5-9-13(12)17/h4-5,8-9H,6-7,10-11H2,1-3H3,(H2,18,19,20). The van der Waals surface area contributed by atoms with Crippen LogP contribution in [0.4, 0.5) is 9.18 Å². The molecule has 4 heteroatoms. The highest BCUT2D eigenvalue weighted by Gasteiger charge is 2.39. The number of hydrogen-bond acceptors (Lipinski definition) is 1. The van der Waals surface area contributed by atoms with Crippen molar-refractivity contribution in [3.63, 3.8) is 0 Å². The van der Waals surface area contributed by atoms with Crippen molar-refractivity contribution < 1.29 is 9.18 Å². The second-order valence-electron chi connectivity index (χ2n) is 6.60. The summed E-state index contributed by atoms with van der Waals surface area (Å²) in [5.74, 6) is -0.245. The minimum Gasteiger partial charge on any atom is -0.334 e. The van der Waals surface area contributed by atoms with E-state index in [4.69, 9.17) is 0 Å². The lowest BCUT2D eigenvalue weighted by Gasteiger charge is -2.33. The molecule has 110 valence electrons. The van der Waals surface area contributed by atoms with E-state index < -0.39 is 5.54 Å². The Hall–Kier alpha value is -1.58. The average Bonchev–Trinajstić information content (AvgIpc) is 2.76. The lowest BCUT2D eigenvalue weighted by molar-refractivity contribution is 0.215. The number of hydrogen-bond donors (Lipinski definition) is 2. The molecule has 0 bridgehead atoms. The summed E-state index contributed by atoms with van der Waals surface area (Å²) < 4.78 is 14.1. The Morgan fingerprint density at radius 1 is 1.20 bits per heavy atom. The Balaban J connectivity index is 2.23. The Labute approximate surface area is 120 Å². The zero-order chi connectivity index (χ0) is 14.8. The summed E-state index contributed by atoms with van der Waals surface area (Å²) in [5.41, 5.74) is -0.277. The van der Waals surface area contributed by atoms with E-state index >= 15 is 0 Å². The summed E-state index contributed by atoms with van der Waals surface area (Å²) >= 11 is 0. The van der Waals surface area contributed by atoms with Gasteiger partial charge in [-0.25, -0.2) is 9.18 Å². The molecule has 0 unspecified atom stereocenters. The number of benzene rings is 1. The van der Waals surface area contributed by atoms with Crippen molar-refractivity contribution in [1.82, 2.24) is 10.6 Å². The van der Waals surface area contributed by atoms with Crippen LogP contribution in [0.2, 0.25) is 0 Å². The van der Waals surface area contributed by atoms with Gasteiger partial charge in [0.15, 0.2) is 0 Å². The molecule has 1 saturated carbocycles. The summed E-state index contributed by atoms with van der Waals surface area (Å²) in [5, 5.41) is 5.90. The van der Waals surface area contributed by atoms with Crippen molar-refractivity contribution in [1.29, 1.82) is 0 Å². The van der Waals surface area contributed by atoms with Gasteiger partial charge in [-0.05, 0) is 39.7 Å². The first-order valence-electron chi connectivity index (χ1n) is 7.18. The summed E-state index contributed by atoms with van der Waals surface area (Å²) in [6.07, 6.45) is 3.57. The zero-order valence-corrected chi connectivity index (χ0v) is 12.4. The minimum absolute atomic E-state index is 0.234. The van der Waals surface area contributed by atoms with Gasteiger partial charge >= 0.3 is 6.03 Å². The molecule has 2 amide bonds. The van der Waals surface area contributed by atoms with Crippen LogP contribution in [0.5, 0.6) is 0 Å². The number of rotatable bonds is 2. The Morgan fingerprint density at radius 2 is 1.80 bits per heavy atom. The first-order chi connectivity index (χ1) is 9.32. The van der Waals surface area contributed by atoms with Gasteiger partial charge in [-0.3, -0.25) is 0 Å². The van der Waals surface area contributed by atoms with Gasteiger partial charge < -0.3 is 10.6 Å². The second kappa shape index (κ2) is 5.43. The summed E-state index contributed by atoms with van der Waals surface area (Å²) in [7, 11) is 0. The van der Waals surface area contributed by atoms with Crippen molar-refractivity contribution in [3.05, 3.63) is 35.6 Å². The van der Waals surface area contributed by atoms with Crippen molar-refractivity contribution in [3.8, 4) is 0 Å². The van der Waals surface area contributed by atoms with E-state index in [-0.39, 0.29) is 17.4 Å². The first kappa shape index (κ1) is 14.8. The lowest BCUT2D eigenvalue weighted by atomic mass is 9.88. The minimum atomic E-state index is -0.569. The summed E-state index contributed by atoms with van der Waals surface area (Å²) in [4.78, 5) is 12.2. The average molecular weight is 278 g/mol. The van der Waals surface area contributed by atoms with Crippen molar-refractivity contribution in [2.75, 3.05) is 0 Å². The molecule has 0 radical (unpaired) electrons. The molecule has 2 rings (SSSR count). The maximum Gasteiger partial charge on any atom is 0.315 e. The van der Waals surface area contributed by atoms with E-state index in [1.54, 1.807) is 12.1 Å². The van der Waals surface area contributed by atoms with E-state index in [0.717, 1.165) is 25.7 Å². The molecule has 0 heterocycles. The third-order valence-corrected chi connectivity index (χ3v) is 3.69. The molecular formula is C16H23FN2O. The van der Waals surface area contributed by atoms with Gasteiger partial charge in [-0.2, -0.15) is 0 Å². The molecule has 0 aromatic heterocycles. The smallest absolute Gasteiger partial charge is 0.315 e. The van der Waals surface area contributed by atoms with Crippen LogP contribution in [-0.4, -0.2) is 11.6 Å². The van der Waals surface area contributed by atoms with Gasteiger partial charge in [0, 0.05) is 11.1 Å². The van der Waals surface area contributed by atoms with Gasteiger partial charge in [-0.1, -0.05) is 31.0 Å². The Kier molecular flexibility index (Phi) is 4.02. The molecule has 20 heavy (non-hydrogen) atoms. The van der Waals surface area contributed by atoms with Crippen LogP contribution in [0, 0.1) is 5.82 Å². The van der Waals surface area contributed by atoms with Gasteiger partial charge in [0.1, 0.15) is 5.82 Å². The summed E-state index contributed by atoms with van der Waals surface area (Å²) in [6.45, 7) is 5.78.